The average molecular weight is 456 g/mol. The van der Waals surface area contributed by atoms with Crippen molar-refractivity contribution < 1.29 is 9.53 Å². The van der Waals surface area contributed by atoms with Crippen molar-refractivity contribution in [1.82, 2.24) is 24.4 Å². The summed E-state index contributed by atoms with van der Waals surface area (Å²) in [5.74, 6) is 0.998. The number of thioether (sulfide) groups is 1. The van der Waals surface area contributed by atoms with E-state index in [1.807, 2.05) is 12.1 Å². The van der Waals surface area contributed by atoms with Crippen LogP contribution in [0.1, 0.15) is 25.7 Å². The summed E-state index contributed by atoms with van der Waals surface area (Å²) in [4.78, 5) is 47.0. The molecule has 1 amide bonds. The molecule has 168 valence electrons. The Morgan fingerprint density at radius 3 is 2.66 bits per heavy atom. The number of methoxy groups -OCH3 is 1. The Morgan fingerprint density at radius 2 is 1.94 bits per heavy atom. The van der Waals surface area contributed by atoms with E-state index < -0.39 is 11.2 Å². The number of ether oxygens (including phenoxy) is 1. The van der Waals surface area contributed by atoms with Gasteiger partial charge in [-0.2, -0.15) is 0 Å². The first-order valence-corrected chi connectivity index (χ1v) is 11.4. The molecule has 10 heteroatoms. The first-order chi connectivity index (χ1) is 15.4. The lowest BCUT2D eigenvalue weighted by Crippen LogP contribution is -2.38. The van der Waals surface area contributed by atoms with Crippen LogP contribution in [0.3, 0.4) is 0 Å². The highest BCUT2D eigenvalue weighted by Gasteiger charge is 2.21. The molecule has 0 unspecified atom stereocenters. The monoisotopic (exact) mass is 455 g/mol. The van der Waals surface area contributed by atoms with Gasteiger partial charge in [-0.15, -0.1) is 0 Å². The number of carbonyl (C=O) groups is 1. The summed E-state index contributed by atoms with van der Waals surface area (Å²) in [5, 5.41) is 3.64. The molecule has 0 bridgehead atoms. The number of hydrogen-bond acceptors (Lipinski definition) is 7. The predicted octanol–water partition coefficient (Wildman–Crippen LogP) is 1.85. The first kappa shape index (κ1) is 22.1. The second-order valence-electron chi connectivity index (χ2n) is 7.83. The highest BCUT2D eigenvalue weighted by atomic mass is 32.2. The third-order valence-corrected chi connectivity index (χ3v) is 6.63. The van der Waals surface area contributed by atoms with Gasteiger partial charge in [0.1, 0.15) is 16.2 Å². The Balaban J connectivity index is 1.78. The summed E-state index contributed by atoms with van der Waals surface area (Å²) < 4.78 is 7.64. The molecule has 9 nitrogen and oxygen atoms in total. The molecule has 0 spiro atoms. The number of nitrogens with zero attached hydrogens (tertiary/aromatic N) is 4. The van der Waals surface area contributed by atoms with Crippen LogP contribution >= 0.6 is 11.8 Å². The largest absolute Gasteiger partial charge is 0.497 e. The van der Waals surface area contributed by atoms with Gasteiger partial charge in [0, 0.05) is 25.7 Å². The van der Waals surface area contributed by atoms with Crippen molar-refractivity contribution in [1.29, 1.82) is 0 Å². The lowest BCUT2D eigenvalue weighted by Gasteiger charge is -2.14. The Labute approximate surface area is 188 Å². The first-order valence-electron chi connectivity index (χ1n) is 10.4. The lowest BCUT2D eigenvalue weighted by molar-refractivity contribution is -0.119. The molecule has 2 aromatic heterocycles. The van der Waals surface area contributed by atoms with Gasteiger partial charge in [0.15, 0.2) is 11.5 Å². The van der Waals surface area contributed by atoms with E-state index in [4.69, 9.17) is 4.74 Å². The van der Waals surface area contributed by atoms with E-state index in [0.29, 0.717) is 22.2 Å². The summed E-state index contributed by atoms with van der Waals surface area (Å²) in [6.07, 6.45) is 4.25. The van der Waals surface area contributed by atoms with Crippen molar-refractivity contribution in [3.05, 3.63) is 45.1 Å². The molecule has 1 aliphatic rings. The molecule has 1 aliphatic carbocycles. The maximum absolute atomic E-state index is 12.9. The fourth-order valence-electron chi connectivity index (χ4n) is 3.90. The zero-order valence-electron chi connectivity index (χ0n) is 18.3. The van der Waals surface area contributed by atoms with Crippen LogP contribution in [0.15, 0.2) is 38.9 Å². The number of benzene rings is 1. The minimum Gasteiger partial charge on any atom is -0.497 e. The van der Waals surface area contributed by atoms with Gasteiger partial charge in [-0.1, -0.05) is 36.7 Å². The number of fused-ring (bicyclic) bond motifs is 1. The Morgan fingerprint density at radius 1 is 1.19 bits per heavy atom. The topological polar surface area (TPSA) is 108 Å². The SMILES string of the molecule is COc1cccc(-c2nc(SCC(=O)NC3CCCC3)c3c(=O)n(C)c(=O)n(C)c3n2)c1. The Hall–Kier alpha value is -3.14. The fourth-order valence-corrected chi connectivity index (χ4v) is 4.72. The molecule has 4 rings (SSSR count). The van der Waals surface area contributed by atoms with Crippen molar-refractivity contribution in [2.45, 2.75) is 36.8 Å². The molecule has 0 radical (unpaired) electrons. The van der Waals surface area contributed by atoms with Crippen LogP contribution in [0.25, 0.3) is 22.4 Å². The number of hydrogen-bond donors (Lipinski definition) is 1. The Bertz CT molecular complexity index is 1290. The van der Waals surface area contributed by atoms with E-state index in [1.165, 1.54) is 23.4 Å². The van der Waals surface area contributed by atoms with E-state index in [0.717, 1.165) is 30.3 Å². The van der Waals surface area contributed by atoms with E-state index in [2.05, 4.69) is 15.3 Å². The molecule has 1 N–H and O–H groups in total. The second-order valence-corrected chi connectivity index (χ2v) is 8.79. The third kappa shape index (κ3) is 4.27. The van der Waals surface area contributed by atoms with Gasteiger partial charge in [-0.25, -0.2) is 14.8 Å². The molecule has 1 aromatic carbocycles. The number of rotatable bonds is 6. The van der Waals surface area contributed by atoms with E-state index in [1.54, 1.807) is 26.3 Å². The highest BCUT2D eigenvalue weighted by molar-refractivity contribution is 8.00. The van der Waals surface area contributed by atoms with Crippen molar-refractivity contribution in [3.8, 4) is 17.1 Å². The molecule has 2 heterocycles. The highest BCUT2D eigenvalue weighted by Crippen LogP contribution is 2.28. The molecule has 0 atom stereocenters. The lowest BCUT2D eigenvalue weighted by atomic mass is 10.2. The maximum atomic E-state index is 12.9. The van der Waals surface area contributed by atoms with Crippen LogP contribution in [0.2, 0.25) is 0 Å². The third-order valence-electron chi connectivity index (χ3n) is 5.65. The maximum Gasteiger partial charge on any atom is 0.332 e. The van der Waals surface area contributed by atoms with Crippen molar-refractivity contribution in [2.75, 3.05) is 12.9 Å². The summed E-state index contributed by atoms with van der Waals surface area (Å²) in [5.41, 5.74) is -0.0621. The predicted molar refractivity (Wildman–Crippen MR) is 123 cm³/mol. The summed E-state index contributed by atoms with van der Waals surface area (Å²) in [6, 6.07) is 7.43. The van der Waals surface area contributed by atoms with Crippen molar-refractivity contribution in [3.63, 3.8) is 0 Å². The van der Waals surface area contributed by atoms with E-state index in [9.17, 15) is 14.4 Å². The number of carbonyl (C=O) groups excluding carboxylic acids is 1. The van der Waals surface area contributed by atoms with E-state index >= 15 is 0 Å². The molecule has 1 fully saturated rings. The van der Waals surface area contributed by atoms with Crippen LogP contribution in [-0.4, -0.2) is 43.9 Å². The fraction of sp³-hybridized carbons (Fsp3) is 0.409. The molecular formula is C22H25N5O4S. The van der Waals surface area contributed by atoms with Gasteiger partial charge in [0.05, 0.1) is 12.9 Å². The quantitative estimate of drug-likeness (QED) is 0.446. The summed E-state index contributed by atoms with van der Waals surface area (Å²) in [6.45, 7) is 0. The zero-order valence-corrected chi connectivity index (χ0v) is 19.1. The second kappa shape index (κ2) is 9.15. The summed E-state index contributed by atoms with van der Waals surface area (Å²) >= 11 is 1.17. The number of aryl methyl sites for hydroxylation is 1. The van der Waals surface area contributed by atoms with E-state index in [-0.39, 0.29) is 28.7 Å². The zero-order chi connectivity index (χ0) is 22.8. The van der Waals surface area contributed by atoms with Crippen LogP contribution in [0, 0.1) is 0 Å². The van der Waals surface area contributed by atoms with Gasteiger partial charge in [0.25, 0.3) is 5.56 Å². The van der Waals surface area contributed by atoms with Gasteiger partial charge in [-0.05, 0) is 25.0 Å². The molecular weight excluding hydrogens is 430 g/mol. The number of nitrogens with one attached hydrogen (secondary N) is 1. The van der Waals surface area contributed by atoms with Gasteiger partial charge in [0.2, 0.25) is 5.91 Å². The molecule has 0 aliphatic heterocycles. The normalized spacial score (nSPS) is 14.1. The average Bonchev–Trinajstić information content (AvgIpc) is 3.32. The minimum atomic E-state index is -0.487. The molecule has 32 heavy (non-hydrogen) atoms. The van der Waals surface area contributed by atoms with Crippen LogP contribution in [0.4, 0.5) is 0 Å². The van der Waals surface area contributed by atoms with Crippen LogP contribution in [0.5, 0.6) is 5.75 Å². The van der Waals surface area contributed by atoms with Gasteiger partial charge < -0.3 is 10.1 Å². The van der Waals surface area contributed by atoms with Gasteiger partial charge in [-0.3, -0.25) is 18.7 Å². The van der Waals surface area contributed by atoms with Crippen molar-refractivity contribution >= 4 is 28.7 Å². The van der Waals surface area contributed by atoms with Crippen molar-refractivity contribution in [2.24, 2.45) is 14.1 Å². The molecule has 0 saturated heterocycles. The number of amides is 1. The standard InChI is InChI=1S/C22H25N5O4S/c1-26-19-17(21(29)27(2)22(26)30)20(32-12-16(28)23-14-8-4-5-9-14)25-18(24-19)13-7-6-10-15(11-13)31-3/h6-7,10-11,14H,4-5,8-9,12H2,1-3H3,(H,23,28). The minimum absolute atomic E-state index is 0.0989. The molecule has 1 saturated carbocycles. The van der Waals surface area contributed by atoms with Crippen LogP contribution in [-0.2, 0) is 18.9 Å². The summed E-state index contributed by atoms with van der Waals surface area (Å²) in [7, 11) is 4.55. The smallest absolute Gasteiger partial charge is 0.332 e. The number of aromatic nitrogens is 4. The molecule has 3 aromatic rings. The van der Waals surface area contributed by atoms with Gasteiger partial charge >= 0.3 is 5.69 Å². The Kier molecular flexibility index (Phi) is 6.31. The van der Waals surface area contributed by atoms with Crippen LogP contribution < -0.4 is 21.3 Å².